The topological polar surface area (TPSA) is 104 Å². The summed E-state index contributed by atoms with van der Waals surface area (Å²) in [6.07, 6.45) is 1.45. The summed E-state index contributed by atoms with van der Waals surface area (Å²) in [7, 11) is 0. The average molecular weight is 332 g/mol. The first-order valence-corrected chi connectivity index (χ1v) is 6.37. The van der Waals surface area contributed by atoms with Gasteiger partial charge in [0.1, 0.15) is 11.8 Å². The number of carbonyl (C=O) groups excluding carboxylic acids is 1. The van der Waals surface area contributed by atoms with Crippen molar-refractivity contribution in [2.24, 2.45) is 5.84 Å². The second-order valence-electron chi connectivity index (χ2n) is 3.83. The summed E-state index contributed by atoms with van der Waals surface area (Å²) in [5.74, 6) is 4.82. The van der Waals surface area contributed by atoms with Crippen molar-refractivity contribution >= 4 is 33.2 Å². The van der Waals surface area contributed by atoms with Crippen LogP contribution in [-0.4, -0.2) is 10.9 Å². The van der Waals surface area contributed by atoms with Gasteiger partial charge in [-0.2, -0.15) is 5.26 Å². The lowest BCUT2D eigenvalue weighted by atomic mass is 10.2. The van der Waals surface area contributed by atoms with Gasteiger partial charge in [0.05, 0.1) is 23.1 Å². The van der Waals surface area contributed by atoms with Crippen LogP contribution in [0.2, 0.25) is 0 Å². The Bertz CT molecular complexity index is 678. The van der Waals surface area contributed by atoms with Crippen LogP contribution in [0.15, 0.2) is 41.0 Å². The Balaban J connectivity index is 2.21. The molecule has 0 saturated carbocycles. The van der Waals surface area contributed by atoms with E-state index in [0.29, 0.717) is 16.9 Å². The molecule has 0 saturated heterocycles. The first-order chi connectivity index (χ1) is 9.63. The Morgan fingerprint density at radius 2 is 2.15 bits per heavy atom. The minimum Gasteiger partial charge on any atom is -0.323 e. The van der Waals surface area contributed by atoms with Crippen molar-refractivity contribution in [3.05, 3.63) is 52.3 Å². The molecule has 1 aromatic heterocycles. The minimum absolute atomic E-state index is 0.232. The molecule has 0 bridgehead atoms. The molecule has 1 amide bonds. The van der Waals surface area contributed by atoms with E-state index in [1.54, 1.807) is 24.3 Å². The Morgan fingerprint density at radius 1 is 1.35 bits per heavy atom. The maximum atomic E-state index is 12.0. The SMILES string of the molecule is N#Cc1cc(Br)ccc1NC(=O)c1ccc(NN)cn1. The van der Waals surface area contributed by atoms with Gasteiger partial charge >= 0.3 is 0 Å². The zero-order valence-electron chi connectivity index (χ0n) is 10.2. The fourth-order valence-electron chi connectivity index (χ4n) is 1.52. The highest BCUT2D eigenvalue weighted by atomic mass is 79.9. The van der Waals surface area contributed by atoms with Gasteiger partial charge in [0.25, 0.3) is 5.91 Å². The van der Waals surface area contributed by atoms with Crippen LogP contribution in [0.1, 0.15) is 16.1 Å². The van der Waals surface area contributed by atoms with E-state index in [4.69, 9.17) is 11.1 Å². The third-order valence-corrected chi connectivity index (χ3v) is 3.01. The van der Waals surface area contributed by atoms with Gasteiger partial charge in [0.2, 0.25) is 0 Å². The Hall–Kier alpha value is -2.43. The number of aromatic nitrogens is 1. The number of hydrogen-bond acceptors (Lipinski definition) is 5. The quantitative estimate of drug-likeness (QED) is 0.591. The molecule has 7 heteroatoms. The van der Waals surface area contributed by atoms with E-state index < -0.39 is 5.91 Å². The van der Waals surface area contributed by atoms with Crippen molar-refractivity contribution in [2.75, 3.05) is 10.7 Å². The number of halogens is 1. The van der Waals surface area contributed by atoms with E-state index in [1.165, 1.54) is 12.3 Å². The molecular weight excluding hydrogens is 322 g/mol. The van der Waals surface area contributed by atoms with Crippen molar-refractivity contribution < 1.29 is 4.79 Å². The molecule has 20 heavy (non-hydrogen) atoms. The van der Waals surface area contributed by atoms with Crippen LogP contribution in [-0.2, 0) is 0 Å². The molecule has 0 radical (unpaired) electrons. The number of carbonyl (C=O) groups is 1. The number of amides is 1. The van der Waals surface area contributed by atoms with Crippen LogP contribution >= 0.6 is 15.9 Å². The zero-order valence-corrected chi connectivity index (χ0v) is 11.8. The molecule has 0 aliphatic heterocycles. The molecule has 100 valence electrons. The summed E-state index contributed by atoms with van der Waals surface area (Å²) in [5, 5.41) is 11.7. The molecule has 2 rings (SSSR count). The second-order valence-corrected chi connectivity index (χ2v) is 4.75. The van der Waals surface area contributed by atoms with E-state index in [-0.39, 0.29) is 5.69 Å². The minimum atomic E-state index is -0.396. The Morgan fingerprint density at radius 3 is 2.75 bits per heavy atom. The highest BCUT2D eigenvalue weighted by Crippen LogP contribution is 2.20. The smallest absolute Gasteiger partial charge is 0.274 e. The predicted molar refractivity (Wildman–Crippen MR) is 78.9 cm³/mol. The standard InChI is InChI=1S/C13H10BrN5O/c14-9-1-3-11(8(5-9)6-15)18-13(20)12-4-2-10(19-16)7-17-12/h1-5,7,19H,16H2,(H,18,20). The number of hydrazine groups is 1. The number of rotatable bonds is 3. The highest BCUT2D eigenvalue weighted by molar-refractivity contribution is 9.10. The molecule has 0 aliphatic carbocycles. The number of nitriles is 1. The molecule has 1 aromatic carbocycles. The van der Waals surface area contributed by atoms with Gasteiger partial charge in [-0.15, -0.1) is 0 Å². The number of nitrogens with two attached hydrogens (primary N) is 1. The largest absolute Gasteiger partial charge is 0.323 e. The molecule has 0 aliphatic rings. The lowest BCUT2D eigenvalue weighted by Crippen LogP contribution is -2.15. The summed E-state index contributed by atoms with van der Waals surface area (Å²) >= 11 is 3.27. The molecule has 1 heterocycles. The number of nitrogens with zero attached hydrogens (tertiary/aromatic N) is 2. The summed E-state index contributed by atoms with van der Waals surface area (Å²) in [6.45, 7) is 0. The van der Waals surface area contributed by atoms with Crippen molar-refractivity contribution in [3.63, 3.8) is 0 Å². The van der Waals surface area contributed by atoms with Crippen molar-refractivity contribution in [1.82, 2.24) is 4.98 Å². The van der Waals surface area contributed by atoms with Crippen molar-refractivity contribution in [3.8, 4) is 6.07 Å². The number of nitrogens with one attached hydrogen (secondary N) is 2. The van der Waals surface area contributed by atoms with Gasteiger partial charge in [0.15, 0.2) is 0 Å². The second kappa shape index (κ2) is 6.14. The molecule has 6 nitrogen and oxygen atoms in total. The normalized spacial score (nSPS) is 9.65. The van der Waals surface area contributed by atoms with E-state index >= 15 is 0 Å². The van der Waals surface area contributed by atoms with Gasteiger partial charge in [0, 0.05) is 4.47 Å². The van der Waals surface area contributed by atoms with E-state index in [1.807, 2.05) is 6.07 Å². The number of hydrogen-bond donors (Lipinski definition) is 3. The van der Waals surface area contributed by atoms with E-state index in [9.17, 15) is 4.79 Å². The molecule has 0 unspecified atom stereocenters. The van der Waals surface area contributed by atoms with Crippen molar-refractivity contribution in [1.29, 1.82) is 5.26 Å². The number of benzene rings is 1. The third-order valence-electron chi connectivity index (χ3n) is 2.51. The van der Waals surface area contributed by atoms with Gasteiger partial charge in [-0.1, -0.05) is 15.9 Å². The maximum Gasteiger partial charge on any atom is 0.274 e. The third kappa shape index (κ3) is 3.12. The highest BCUT2D eigenvalue weighted by Gasteiger charge is 2.10. The summed E-state index contributed by atoms with van der Waals surface area (Å²) in [6, 6.07) is 10.2. The average Bonchev–Trinajstić information content (AvgIpc) is 2.49. The summed E-state index contributed by atoms with van der Waals surface area (Å²) < 4.78 is 0.767. The van der Waals surface area contributed by atoms with Crippen LogP contribution in [0.4, 0.5) is 11.4 Å². The van der Waals surface area contributed by atoms with E-state index in [2.05, 4.69) is 31.7 Å². The van der Waals surface area contributed by atoms with Crippen LogP contribution in [0.5, 0.6) is 0 Å². The summed E-state index contributed by atoms with van der Waals surface area (Å²) in [4.78, 5) is 16.0. The van der Waals surface area contributed by atoms with Gasteiger partial charge in [-0.25, -0.2) is 4.98 Å². The van der Waals surface area contributed by atoms with Crippen LogP contribution in [0, 0.1) is 11.3 Å². The Kier molecular flexibility index (Phi) is 4.30. The van der Waals surface area contributed by atoms with Crippen LogP contribution in [0.25, 0.3) is 0 Å². The monoisotopic (exact) mass is 331 g/mol. The number of pyridine rings is 1. The molecule has 0 spiro atoms. The predicted octanol–water partition coefficient (Wildman–Crippen LogP) is 2.25. The zero-order chi connectivity index (χ0) is 14.5. The molecule has 0 atom stereocenters. The molecule has 4 N–H and O–H groups in total. The summed E-state index contributed by atoms with van der Waals surface area (Å²) in [5.41, 5.74) is 4.06. The first-order valence-electron chi connectivity index (χ1n) is 5.57. The van der Waals surface area contributed by atoms with Gasteiger partial charge < -0.3 is 10.7 Å². The fourth-order valence-corrected chi connectivity index (χ4v) is 1.88. The van der Waals surface area contributed by atoms with Gasteiger partial charge in [-0.05, 0) is 30.3 Å². The molecular formula is C13H10BrN5O. The number of anilines is 2. The lowest BCUT2D eigenvalue weighted by Gasteiger charge is -2.07. The van der Waals surface area contributed by atoms with Crippen molar-refractivity contribution in [2.45, 2.75) is 0 Å². The lowest BCUT2D eigenvalue weighted by molar-refractivity contribution is 0.102. The fraction of sp³-hybridized carbons (Fsp3) is 0. The van der Waals surface area contributed by atoms with Crippen LogP contribution in [0.3, 0.4) is 0 Å². The Labute approximate surface area is 123 Å². The first kappa shape index (κ1) is 14.0. The molecule has 0 fully saturated rings. The maximum absolute atomic E-state index is 12.0. The van der Waals surface area contributed by atoms with Crippen LogP contribution < -0.4 is 16.6 Å². The van der Waals surface area contributed by atoms with E-state index in [0.717, 1.165) is 4.47 Å². The molecule has 2 aromatic rings. The number of nitrogen functional groups attached to an aromatic ring is 1. The van der Waals surface area contributed by atoms with Gasteiger partial charge in [-0.3, -0.25) is 10.6 Å².